The van der Waals surface area contributed by atoms with Crippen LogP contribution in [0.15, 0.2) is 54.6 Å². The molecule has 3 N–H and O–H groups in total. The monoisotopic (exact) mass is 380 g/mol. The number of hydrogen-bond acceptors (Lipinski definition) is 4. The number of aromatic amines is 1. The number of rotatable bonds is 8. The molecule has 0 bridgehead atoms. The summed E-state index contributed by atoms with van der Waals surface area (Å²) in [5.41, 5.74) is 2.30. The van der Waals surface area contributed by atoms with Gasteiger partial charge in [-0.3, -0.25) is 9.59 Å². The highest BCUT2D eigenvalue weighted by atomic mass is 16.5. The summed E-state index contributed by atoms with van der Waals surface area (Å²) in [6.45, 7) is 3.43. The van der Waals surface area contributed by atoms with Gasteiger partial charge in [-0.25, -0.2) is 0 Å². The number of carbonyl (C=O) groups excluding carboxylic acids is 2. The summed E-state index contributed by atoms with van der Waals surface area (Å²) in [5, 5.41) is 13.5. The second kappa shape index (κ2) is 8.82. The maximum Gasteiger partial charge on any atom is 0.254 e. The van der Waals surface area contributed by atoms with Gasteiger partial charge < -0.3 is 20.1 Å². The molecule has 6 heteroatoms. The molecule has 1 amide bonds. The van der Waals surface area contributed by atoms with Crippen molar-refractivity contribution in [2.75, 3.05) is 13.2 Å². The Morgan fingerprint density at radius 3 is 2.50 bits per heavy atom. The molecule has 3 rings (SSSR count). The first-order valence-corrected chi connectivity index (χ1v) is 9.21. The lowest BCUT2D eigenvalue weighted by Gasteiger charge is -2.17. The van der Waals surface area contributed by atoms with Gasteiger partial charge >= 0.3 is 0 Å². The van der Waals surface area contributed by atoms with Crippen LogP contribution in [0.3, 0.4) is 0 Å². The summed E-state index contributed by atoms with van der Waals surface area (Å²) in [5.74, 6) is -0.625. The Labute approximate surface area is 163 Å². The summed E-state index contributed by atoms with van der Waals surface area (Å²) in [7, 11) is 0. The lowest BCUT2D eigenvalue weighted by molar-refractivity contribution is -0.00171. The molecule has 0 saturated heterocycles. The quantitative estimate of drug-likeness (QED) is 0.523. The predicted molar refractivity (Wildman–Crippen MR) is 107 cm³/mol. The van der Waals surface area contributed by atoms with Crippen LogP contribution < -0.4 is 5.32 Å². The number of para-hydroxylation sites is 1. The molecule has 146 valence electrons. The number of aliphatic hydroxyl groups is 1. The van der Waals surface area contributed by atoms with E-state index in [2.05, 4.69) is 10.3 Å². The van der Waals surface area contributed by atoms with Gasteiger partial charge in [0, 0.05) is 24.4 Å². The Bertz CT molecular complexity index is 965. The van der Waals surface area contributed by atoms with Crippen molar-refractivity contribution in [3.63, 3.8) is 0 Å². The van der Waals surface area contributed by atoms with Crippen LogP contribution in [0.5, 0.6) is 0 Å². The normalized spacial score (nSPS) is 13.2. The van der Waals surface area contributed by atoms with Crippen LogP contribution in [-0.4, -0.2) is 41.0 Å². The third-order valence-corrected chi connectivity index (χ3v) is 4.59. The van der Waals surface area contributed by atoms with Gasteiger partial charge in [0.2, 0.25) is 0 Å². The van der Waals surface area contributed by atoms with Gasteiger partial charge in [0.25, 0.3) is 5.91 Å². The van der Waals surface area contributed by atoms with Crippen molar-refractivity contribution in [3.8, 4) is 0 Å². The molecule has 0 aliphatic rings. The van der Waals surface area contributed by atoms with E-state index in [9.17, 15) is 14.7 Å². The first-order chi connectivity index (χ1) is 13.5. The number of benzene rings is 2. The molecule has 6 nitrogen and oxygen atoms in total. The average molecular weight is 380 g/mol. The van der Waals surface area contributed by atoms with Gasteiger partial charge in [-0.2, -0.15) is 0 Å². The van der Waals surface area contributed by atoms with Crippen LogP contribution in [0.25, 0.3) is 10.9 Å². The molecule has 0 saturated carbocycles. The molecule has 2 unspecified atom stereocenters. The number of nitrogens with one attached hydrogen (secondary N) is 2. The van der Waals surface area contributed by atoms with E-state index in [-0.39, 0.29) is 30.7 Å². The number of aliphatic hydroxyl groups excluding tert-OH is 1. The minimum absolute atomic E-state index is 0.0250. The summed E-state index contributed by atoms with van der Waals surface area (Å²) < 4.78 is 5.68. The van der Waals surface area contributed by atoms with E-state index in [0.717, 1.165) is 11.1 Å². The zero-order chi connectivity index (χ0) is 20.1. The van der Waals surface area contributed by atoms with Crippen molar-refractivity contribution >= 4 is 22.6 Å². The third-order valence-electron chi connectivity index (χ3n) is 4.59. The van der Waals surface area contributed by atoms with E-state index in [0.29, 0.717) is 10.9 Å². The lowest BCUT2D eigenvalue weighted by Crippen LogP contribution is -2.35. The number of amides is 1. The summed E-state index contributed by atoms with van der Waals surface area (Å²) in [4.78, 5) is 27.6. The minimum Gasteiger partial charge on any atom is -0.389 e. The standard InChI is InChI=1S/C22H24N2O4/c1-14(25)21-20(18-10-6-7-11-19(18)24-21)22(27)23-12-17(26)13-28-15(2)16-8-4-3-5-9-16/h3-11,15,17,24,26H,12-13H2,1-2H3,(H,23,27). The van der Waals surface area contributed by atoms with Gasteiger partial charge in [0.15, 0.2) is 5.78 Å². The molecule has 0 aliphatic carbocycles. The number of ketones is 1. The maximum atomic E-state index is 12.7. The van der Waals surface area contributed by atoms with Crippen LogP contribution in [0.1, 0.15) is 46.4 Å². The van der Waals surface area contributed by atoms with Crippen molar-refractivity contribution < 1.29 is 19.4 Å². The van der Waals surface area contributed by atoms with Crippen molar-refractivity contribution in [3.05, 3.63) is 71.4 Å². The van der Waals surface area contributed by atoms with Crippen molar-refractivity contribution in [1.82, 2.24) is 10.3 Å². The summed E-state index contributed by atoms with van der Waals surface area (Å²) >= 11 is 0. The zero-order valence-corrected chi connectivity index (χ0v) is 15.9. The topological polar surface area (TPSA) is 91.4 Å². The number of aromatic nitrogens is 1. The van der Waals surface area contributed by atoms with E-state index >= 15 is 0 Å². The molecule has 0 radical (unpaired) electrons. The highest BCUT2D eigenvalue weighted by Gasteiger charge is 2.21. The van der Waals surface area contributed by atoms with E-state index < -0.39 is 12.0 Å². The fourth-order valence-electron chi connectivity index (χ4n) is 3.08. The summed E-state index contributed by atoms with van der Waals surface area (Å²) in [6, 6.07) is 16.9. The molecule has 3 aromatic rings. The molecular weight excluding hydrogens is 356 g/mol. The van der Waals surface area contributed by atoms with Crippen molar-refractivity contribution in [2.24, 2.45) is 0 Å². The van der Waals surface area contributed by atoms with Crippen LogP contribution in [0.4, 0.5) is 0 Å². The Morgan fingerprint density at radius 1 is 1.11 bits per heavy atom. The SMILES string of the molecule is CC(=O)c1[nH]c2ccccc2c1C(=O)NCC(O)COC(C)c1ccccc1. The molecule has 1 heterocycles. The maximum absolute atomic E-state index is 12.7. The molecular formula is C22H24N2O4. The van der Waals surface area contributed by atoms with Crippen LogP contribution >= 0.6 is 0 Å². The van der Waals surface area contributed by atoms with E-state index in [4.69, 9.17) is 4.74 Å². The third kappa shape index (κ3) is 4.47. The minimum atomic E-state index is -0.860. The molecule has 28 heavy (non-hydrogen) atoms. The average Bonchev–Trinajstić information content (AvgIpc) is 3.11. The van der Waals surface area contributed by atoms with E-state index in [1.807, 2.05) is 55.5 Å². The number of ether oxygens (including phenoxy) is 1. The second-order valence-electron chi connectivity index (χ2n) is 6.73. The first kappa shape index (κ1) is 19.8. The molecule has 0 spiro atoms. The summed E-state index contributed by atoms with van der Waals surface area (Å²) in [6.07, 6.45) is -1.02. The number of Topliss-reactive ketones (excluding diaryl/α,β-unsaturated/α-hetero) is 1. The highest BCUT2D eigenvalue weighted by molar-refractivity contribution is 6.15. The van der Waals surface area contributed by atoms with Gasteiger partial charge in [-0.05, 0) is 18.6 Å². The highest BCUT2D eigenvalue weighted by Crippen LogP contribution is 2.23. The second-order valence-corrected chi connectivity index (χ2v) is 6.73. The molecule has 0 aliphatic heterocycles. The number of fused-ring (bicyclic) bond motifs is 1. The number of carbonyl (C=O) groups is 2. The molecule has 1 aromatic heterocycles. The fourth-order valence-corrected chi connectivity index (χ4v) is 3.08. The molecule has 2 atom stereocenters. The van der Waals surface area contributed by atoms with Crippen LogP contribution in [-0.2, 0) is 4.74 Å². The van der Waals surface area contributed by atoms with Crippen LogP contribution in [0.2, 0.25) is 0 Å². The Balaban J connectivity index is 1.60. The Hall–Kier alpha value is -2.96. The van der Waals surface area contributed by atoms with Gasteiger partial charge in [0.05, 0.1) is 30.1 Å². The zero-order valence-electron chi connectivity index (χ0n) is 15.9. The lowest BCUT2D eigenvalue weighted by atomic mass is 10.1. The van der Waals surface area contributed by atoms with E-state index in [1.165, 1.54) is 6.92 Å². The number of hydrogen-bond donors (Lipinski definition) is 3. The van der Waals surface area contributed by atoms with Gasteiger partial charge in [0.1, 0.15) is 0 Å². The molecule has 2 aromatic carbocycles. The van der Waals surface area contributed by atoms with Gasteiger partial charge in [-0.1, -0.05) is 48.5 Å². The Morgan fingerprint density at radius 2 is 1.79 bits per heavy atom. The Kier molecular flexibility index (Phi) is 6.23. The predicted octanol–water partition coefficient (Wildman–Crippen LogP) is 3.24. The van der Waals surface area contributed by atoms with Crippen molar-refractivity contribution in [1.29, 1.82) is 0 Å². The number of H-pyrrole nitrogens is 1. The smallest absolute Gasteiger partial charge is 0.254 e. The molecule has 0 fully saturated rings. The first-order valence-electron chi connectivity index (χ1n) is 9.21. The fraction of sp³-hybridized carbons (Fsp3) is 0.273. The largest absolute Gasteiger partial charge is 0.389 e. The van der Waals surface area contributed by atoms with Gasteiger partial charge in [-0.15, -0.1) is 0 Å². The van der Waals surface area contributed by atoms with E-state index in [1.54, 1.807) is 6.07 Å². The van der Waals surface area contributed by atoms with Crippen molar-refractivity contribution in [2.45, 2.75) is 26.1 Å². The van der Waals surface area contributed by atoms with Crippen LogP contribution in [0, 0.1) is 0 Å².